The van der Waals surface area contributed by atoms with Crippen molar-refractivity contribution < 1.29 is 6.16 Å². The summed E-state index contributed by atoms with van der Waals surface area (Å²) >= 11 is 0. The lowest BCUT2D eigenvalue weighted by Crippen LogP contribution is -1.83. The number of fused-ring (bicyclic) bond motifs is 1. The van der Waals surface area contributed by atoms with Gasteiger partial charge in [-0.15, -0.1) is 0 Å². The van der Waals surface area contributed by atoms with Gasteiger partial charge in [-0.25, -0.2) is 0 Å². The topological polar surface area (TPSA) is 9.23 Å². The minimum absolute atomic E-state index is 0. The molecule has 60 valence electrons. The average Bonchev–Trinajstić information content (AvgIpc) is 2.17. The van der Waals surface area contributed by atoms with Crippen molar-refractivity contribution in [2.75, 3.05) is 7.11 Å². The fraction of sp³-hybridized carbons (Fsp3) is 0.0909. The first-order valence-corrected chi connectivity index (χ1v) is 3.93. The van der Waals surface area contributed by atoms with E-state index in [4.69, 9.17) is 4.74 Å². The van der Waals surface area contributed by atoms with E-state index in [1.54, 1.807) is 7.11 Å². The normalized spacial score (nSPS) is 10.1. The second kappa shape index (κ2) is 2.86. The molecule has 0 spiro atoms. The molecule has 2 aromatic rings. The molecule has 0 fully saturated rings. The third kappa shape index (κ3) is 1.03. The maximum Gasteiger partial charge on any atom is 1.00 e. The maximum absolute atomic E-state index is 5.23. The van der Waals surface area contributed by atoms with E-state index in [1.165, 1.54) is 10.8 Å². The molecule has 0 amide bonds. The number of rotatable bonds is 1. The fourth-order valence-corrected chi connectivity index (χ4v) is 1.37. The summed E-state index contributed by atoms with van der Waals surface area (Å²) in [7, 11) is 1.70. The highest BCUT2D eigenvalue weighted by molar-refractivity contribution is 5.88. The van der Waals surface area contributed by atoms with E-state index in [-0.39, 0.29) is 1.43 Å². The Labute approximate surface area is 73.1 Å². The predicted octanol–water partition coefficient (Wildman–Crippen LogP) is 2.96. The van der Waals surface area contributed by atoms with Crippen molar-refractivity contribution in [1.29, 1.82) is 0 Å². The van der Waals surface area contributed by atoms with Crippen molar-refractivity contribution in [3.8, 4) is 5.75 Å². The Morgan fingerprint density at radius 2 is 1.75 bits per heavy atom. The Kier molecular flexibility index (Phi) is 1.71. The highest BCUT2D eigenvalue weighted by atomic mass is 16.5. The molecule has 1 nitrogen and oxygen atoms in total. The van der Waals surface area contributed by atoms with Crippen molar-refractivity contribution in [2.45, 2.75) is 0 Å². The van der Waals surface area contributed by atoms with Crippen LogP contribution in [0.2, 0.25) is 0 Å². The van der Waals surface area contributed by atoms with Gasteiger partial charge in [0.15, 0.2) is 0 Å². The fourth-order valence-electron chi connectivity index (χ4n) is 1.37. The number of hydrogen-bond donors (Lipinski definition) is 0. The lowest BCUT2D eigenvalue weighted by molar-refractivity contribution is 0.420. The number of benzene rings is 2. The van der Waals surface area contributed by atoms with Gasteiger partial charge in [-0.05, 0) is 11.5 Å². The van der Waals surface area contributed by atoms with Crippen LogP contribution in [0.15, 0.2) is 42.5 Å². The van der Waals surface area contributed by atoms with Crippen LogP contribution in [0.4, 0.5) is 0 Å². The molecule has 0 heterocycles. The highest BCUT2D eigenvalue weighted by Gasteiger charge is 1.96. The van der Waals surface area contributed by atoms with Gasteiger partial charge in [0, 0.05) is 5.39 Å². The van der Waals surface area contributed by atoms with Crippen molar-refractivity contribution in [2.24, 2.45) is 0 Å². The van der Waals surface area contributed by atoms with Gasteiger partial charge in [-0.1, -0.05) is 36.4 Å². The van der Waals surface area contributed by atoms with Gasteiger partial charge in [0.25, 0.3) is 0 Å². The molecule has 12 heavy (non-hydrogen) atoms. The Morgan fingerprint density at radius 1 is 1.00 bits per heavy atom. The van der Waals surface area contributed by atoms with E-state index in [2.05, 4.69) is 18.2 Å². The molecule has 0 saturated carbocycles. The Balaban J connectivity index is 0.000000845. The van der Waals surface area contributed by atoms with E-state index in [0.29, 0.717) is 0 Å². The van der Waals surface area contributed by atoms with E-state index in [9.17, 15) is 0 Å². The van der Waals surface area contributed by atoms with Crippen LogP contribution in [-0.4, -0.2) is 7.11 Å². The van der Waals surface area contributed by atoms with E-state index in [1.807, 2.05) is 24.3 Å². The molecule has 0 saturated heterocycles. The third-order valence-electron chi connectivity index (χ3n) is 1.97. The second-order valence-electron chi connectivity index (χ2n) is 2.68. The van der Waals surface area contributed by atoms with Gasteiger partial charge in [-0.3, -0.25) is 0 Å². The first-order chi connectivity index (χ1) is 5.92. The molecule has 2 rings (SSSR count). The Morgan fingerprint density at radius 3 is 2.58 bits per heavy atom. The summed E-state index contributed by atoms with van der Waals surface area (Å²) in [6, 6.07) is 14.2. The summed E-state index contributed by atoms with van der Waals surface area (Å²) in [5, 5.41) is 2.39. The smallest absolute Gasteiger partial charge is 0.496 e. The summed E-state index contributed by atoms with van der Waals surface area (Å²) < 4.78 is 5.23. The highest BCUT2D eigenvalue weighted by Crippen LogP contribution is 2.24. The molecular weight excluding hydrogens is 148 g/mol. The summed E-state index contributed by atoms with van der Waals surface area (Å²) in [6.45, 7) is 0. The predicted molar refractivity (Wildman–Crippen MR) is 51.6 cm³/mol. The molecule has 0 aromatic heterocycles. The standard InChI is InChI=1S/C11H10O/c1-12-11-8-4-6-9-5-2-3-7-10(9)11/h2-8H,1H3/p+1. The molecule has 0 aliphatic rings. The van der Waals surface area contributed by atoms with E-state index in [0.717, 1.165) is 5.75 Å². The van der Waals surface area contributed by atoms with E-state index >= 15 is 0 Å². The number of hydrogen-bond acceptors (Lipinski definition) is 1. The van der Waals surface area contributed by atoms with Gasteiger partial charge in [0.05, 0.1) is 7.11 Å². The van der Waals surface area contributed by atoms with Crippen LogP contribution in [0.3, 0.4) is 0 Å². The first kappa shape index (κ1) is 7.17. The van der Waals surface area contributed by atoms with Crippen LogP contribution in [0, 0.1) is 0 Å². The van der Waals surface area contributed by atoms with Gasteiger partial charge >= 0.3 is 1.43 Å². The summed E-state index contributed by atoms with van der Waals surface area (Å²) in [4.78, 5) is 0. The monoisotopic (exact) mass is 159 g/mol. The minimum atomic E-state index is 0. The van der Waals surface area contributed by atoms with Crippen LogP contribution >= 0.6 is 0 Å². The molecular formula is C11H11O+. The zero-order valence-corrected chi connectivity index (χ0v) is 6.95. The van der Waals surface area contributed by atoms with Crippen molar-refractivity contribution in [3.63, 3.8) is 0 Å². The molecule has 0 unspecified atom stereocenters. The Hall–Kier alpha value is -1.50. The summed E-state index contributed by atoms with van der Waals surface area (Å²) in [6.07, 6.45) is 0. The van der Waals surface area contributed by atoms with Gasteiger partial charge in [-0.2, -0.15) is 0 Å². The summed E-state index contributed by atoms with van der Waals surface area (Å²) in [5.74, 6) is 0.938. The van der Waals surface area contributed by atoms with Crippen molar-refractivity contribution in [3.05, 3.63) is 42.5 Å². The zero-order chi connectivity index (χ0) is 8.39. The van der Waals surface area contributed by atoms with Crippen molar-refractivity contribution in [1.82, 2.24) is 0 Å². The lowest BCUT2D eigenvalue weighted by atomic mass is 10.1. The number of methoxy groups -OCH3 is 1. The Bertz CT molecular complexity index is 393. The third-order valence-corrected chi connectivity index (χ3v) is 1.97. The van der Waals surface area contributed by atoms with Crippen molar-refractivity contribution >= 4 is 10.8 Å². The lowest BCUT2D eigenvalue weighted by Gasteiger charge is -2.03. The molecule has 0 radical (unpaired) electrons. The molecule has 2 aromatic carbocycles. The molecule has 0 aliphatic heterocycles. The van der Waals surface area contributed by atoms with Crippen LogP contribution < -0.4 is 4.74 Å². The van der Waals surface area contributed by atoms with E-state index < -0.39 is 0 Å². The summed E-state index contributed by atoms with van der Waals surface area (Å²) in [5.41, 5.74) is 0. The zero-order valence-electron chi connectivity index (χ0n) is 7.95. The van der Waals surface area contributed by atoms with Gasteiger partial charge < -0.3 is 4.74 Å². The molecule has 0 aliphatic carbocycles. The number of ether oxygens (including phenoxy) is 1. The van der Waals surface area contributed by atoms with Crippen LogP contribution in [0.1, 0.15) is 1.43 Å². The SMILES string of the molecule is COc1cccc2ccccc12.[H+]. The van der Waals surface area contributed by atoms with Crippen LogP contribution in [0.5, 0.6) is 5.75 Å². The molecule has 0 N–H and O–H groups in total. The minimum Gasteiger partial charge on any atom is -0.496 e. The van der Waals surface area contributed by atoms with Gasteiger partial charge in [0.2, 0.25) is 0 Å². The second-order valence-corrected chi connectivity index (χ2v) is 2.68. The molecule has 0 atom stereocenters. The first-order valence-electron chi connectivity index (χ1n) is 3.93. The average molecular weight is 159 g/mol. The van der Waals surface area contributed by atoms with Crippen LogP contribution in [-0.2, 0) is 0 Å². The quantitative estimate of drug-likeness (QED) is 0.621. The van der Waals surface area contributed by atoms with Gasteiger partial charge in [0.1, 0.15) is 5.75 Å². The molecule has 1 heteroatoms. The largest absolute Gasteiger partial charge is 1.00 e. The maximum atomic E-state index is 5.23. The van der Waals surface area contributed by atoms with Crippen LogP contribution in [0.25, 0.3) is 10.8 Å². The molecule has 0 bridgehead atoms.